The van der Waals surface area contributed by atoms with Crippen molar-refractivity contribution in [3.63, 3.8) is 0 Å². The zero-order valence-electron chi connectivity index (χ0n) is 9.65. The van der Waals surface area contributed by atoms with Gasteiger partial charge in [0, 0.05) is 17.5 Å². The first-order valence-corrected chi connectivity index (χ1v) is 6.59. The molecule has 0 aliphatic rings. The van der Waals surface area contributed by atoms with Crippen LogP contribution in [0.1, 0.15) is 11.3 Å². The van der Waals surface area contributed by atoms with E-state index in [0.717, 1.165) is 5.69 Å². The van der Waals surface area contributed by atoms with E-state index in [-0.39, 0.29) is 5.02 Å². The van der Waals surface area contributed by atoms with Crippen molar-refractivity contribution in [1.29, 1.82) is 0 Å². The number of aryl methyl sites for hydroxylation is 1. The Hall–Kier alpha value is -1.33. The van der Waals surface area contributed by atoms with Crippen LogP contribution in [0.4, 0.5) is 10.2 Å². The lowest BCUT2D eigenvalue weighted by Gasteiger charge is -2.05. The maximum Gasteiger partial charge on any atom is 0.190 e. The number of hydrogen-bond donors (Lipinski definition) is 1. The molecule has 0 spiro atoms. The van der Waals surface area contributed by atoms with Crippen molar-refractivity contribution in [3.05, 3.63) is 46.4 Å². The van der Waals surface area contributed by atoms with Crippen molar-refractivity contribution in [3.8, 4) is 0 Å². The van der Waals surface area contributed by atoms with Crippen LogP contribution in [0.25, 0.3) is 0 Å². The Morgan fingerprint density at radius 2 is 2.17 bits per heavy atom. The molecule has 2 N–H and O–H groups in total. The van der Waals surface area contributed by atoms with E-state index in [1.807, 2.05) is 6.92 Å². The summed E-state index contributed by atoms with van der Waals surface area (Å²) in [5.41, 5.74) is 7.15. The van der Waals surface area contributed by atoms with E-state index in [2.05, 4.69) is 9.97 Å². The molecule has 18 heavy (non-hydrogen) atoms. The molecule has 6 heteroatoms. The molecule has 0 atom stereocenters. The molecule has 1 aromatic carbocycles. The highest BCUT2D eigenvalue weighted by Crippen LogP contribution is 2.26. The van der Waals surface area contributed by atoms with E-state index in [4.69, 9.17) is 17.3 Å². The third-order valence-corrected chi connectivity index (χ3v) is 3.56. The van der Waals surface area contributed by atoms with Crippen LogP contribution in [0, 0.1) is 12.7 Å². The maximum atomic E-state index is 13.2. The predicted molar refractivity (Wildman–Crippen MR) is 72.2 cm³/mol. The van der Waals surface area contributed by atoms with E-state index >= 15 is 0 Å². The Balaban J connectivity index is 2.14. The Kier molecular flexibility index (Phi) is 4.04. The minimum atomic E-state index is -0.417. The van der Waals surface area contributed by atoms with Crippen molar-refractivity contribution in [2.75, 3.05) is 5.73 Å². The van der Waals surface area contributed by atoms with Crippen molar-refractivity contribution in [2.45, 2.75) is 17.8 Å². The minimum absolute atomic E-state index is 0.144. The van der Waals surface area contributed by atoms with E-state index in [9.17, 15) is 4.39 Å². The van der Waals surface area contributed by atoms with Gasteiger partial charge in [0.15, 0.2) is 5.16 Å². The fraction of sp³-hybridized carbons (Fsp3) is 0.167. The van der Waals surface area contributed by atoms with Crippen molar-refractivity contribution >= 4 is 29.2 Å². The van der Waals surface area contributed by atoms with Crippen molar-refractivity contribution in [2.24, 2.45) is 0 Å². The van der Waals surface area contributed by atoms with Crippen LogP contribution in [-0.2, 0) is 5.75 Å². The molecule has 2 rings (SSSR count). The zero-order valence-corrected chi connectivity index (χ0v) is 11.2. The normalized spacial score (nSPS) is 10.6. The molecule has 0 fully saturated rings. The van der Waals surface area contributed by atoms with Crippen LogP contribution in [0.5, 0.6) is 0 Å². The van der Waals surface area contributed by atoms with Gasteiger partial charge in [-0.3, -0.25) is 0 Å². The first kappa shape index (κ1) is 13.1. The highest BCUT2D eigenvalue weighted by Gasteiger charge is 2.07. The first-order valence-electron chi connectivity index (χ1n) is 5.23. The van der Waals surface area contributed by atoms with Gasteiger partial charge in [-0.05, 0) is 18.6 Å². The quantitative estimate of drug-likeness (QED) is 0.692. The zero-order chi connectivity index (χ0) is 13.1. The summed E-state index contributed by atoms with van der Waals surface area (Å²) in [5, 5.41) is 0.707. The summed E-state index contributed by atoms with van der Waals surface area (Å²) in [4.78, 5) is 8.33. The monoisotopic (exact) mass is 283 g/mol. The number of nitrogens with zero attached hydrogens (tertiary/aromatic N) is 2. The van der Waals surface area contributed by atoms with Crippen LogP contribution >= 0.6 is 23.4 Å². The molecule has 0 radical (unpaired) electrons. The van der Waals surface area contributed by atoms with Gasteiger partial charge < -0.3 is 5.73 Å². The van der Waals surface area contributed by atoms with E-state index < -0.39 is 5.82 Å². The van der Waals surface area contributed by atoms with Crippen LogP contribution in [0.2, 0.25) is 5.02 Å². The lowest BCUT2D eigenvalue weighted by atomic mass is 10.2. The van der Waals surface area contributed by atoms with Gasteiger partial charge in [-0.15, -0.1) is 0 Å². The number of nitrogen functional groups attached to an aromatic ring is 1. The summed E-state index contributed by atoms with van der Waals surface area (Å²) in [5.74, 6) is 0.509. The summed E-state index contributed by atoms with van der Waals surface area (Å²) in [6, 6.07) is 6.43. The molecule has 1 heterocycles. The van der Waals surface area contributed by atoms with Gasteiger partial charge in [0.05, 0.1) is 5.02 Å². The summed E-state index contributed by atoms with van der Waals surface area (Å²) < 4.78 is 13.2. The molecular weight excluding hydrogens is 273 g/mol. The molecule has 0 aliphatic heterocycles. The van der Waals surface area contributed by atoms with Crippen LogP contribution in [-0.4, -0.2) is 9.97 Å². The van der Waals surface area contributed by atoms with Gasteiger partial charge in [0.1, 0.15) is 11.6 Å². The molecule has 0 saturated heterocycles. The Morgan fingerprint density at radius 3 is 2.89 bits per heavy atom. The number of hydrogen-bond acceptors (Lipinski definition) is 4. The van der Waals surface area contributed by atoms with Crippen LogP contribution in [0.15, 0.2) is 29.4 Å². The van der Waals surface area contributed by atoms with Gasteiger partial charge in [-0.1, -0.05) is 35.5 Å². The number of nitrogens with two attached hydrogens (primary N) is 1. The summed E-state index contributed by atoms with van der Waals surface area (Å²) in [7, 11) is 0. The fourth-order valence-electron chi connectivity index (χ4n) is 1.43. The predicted octanol–water partition coefficient (Wildman–Crippen LogP) is 3.45. The average Bonchev–Trinajstić information content (AvgIpc) is 2.30. The lowest BCUT2D eigenvalue weighted by Crippen LogP contribution is -1.97. The first-order chi connectivity index (χ1) is 8.56. The number of rotatable bonds is 3. The maximum absolute atomic E-state index is 13.2. The van der Waals surface area contributed by atoms with Crippen LogP contribution < -0.4 is 5.73 Å². The van der Waals surface area contributed by atoms with Gasteiger partial charge in [-0.2, -0.15) is 0 Å². The van der Waals surface area contributed by atoms with Crippen molar-refractivity contribution < 1.29 is 4.39 Å². The minimum Gasteiger partial charge on any atom is -0.384 e. The molecule has 3 nitrogen and oxygen atoms in total. The molecule has 0 saturated carbocycles. The molecule has 0 unspecified atom stereocenters. The molecule has 0 amide bonds. The molecule has 0 aliphatic carbocycles. The van der Waals surface area contributed by atoms with Crippen LogP contribution in [0.3, 0.4) is 0 Å². The summed E-state index contributed by atoms with van der Waals surface area (Å²) >= 11 is 7.24. The third kappa shape index (κ3) is 3.11. The number of thioether (sulfide) groups is 1. The SMILES string of the molecule is Cc1cc(N)nc(SCc2cccc(F)c2Cl)n1. The number of benzene rings is 1. The number of halogens is 2. The highest BCUT2D eigenvalue weighted by atomic mass is 35.5. The van der Waals surface area contributed by atoms with Gasteiger partial charge in [-0.25, -0.2) is 14.4 Å². The second kappa shape index (κ2) is 5.54. The molecule has 2 aromatic rings. The third-order valence-electron chi connectivity index (χ3n) is 2.24. The smallest absolute Gasteiger partial charge is 0.190 e. The second-order valence-corrected chi connectivity index (χ2v) is 5.04. The topological polar surface area (TPSA) is 51.8 Å². The average molecular weight is 284 g/mol. The largest absolute Gasteiger partial charge is 0.384 e. The van der Waals surface area contributed by atoms with Gasteiger partial charge in [0.25, 0.3) is 0 Å². The fourth-order valence-corrected chi connectivity index (χ4v) is 2.61. The molecular formula is C12H11ClFN3S. The Labute approximate surface area is 114 Å². The second-order valence-electron chi connectivity index (χ2n) is 3.72. The number of anilines is 1. The van der Waals surface area contributed by atoms with Gasteiger partial charge in [0.2, 0.25) is 0 Å². The molecule has 1 aromatic heterocycles. The van der Waals surface area contributed by atoms with Crippen molar-refractivity contribution in [1.82, 2.24) is 9.97 Å². The van der Waals surface area contributed by atoms with Gasteiger partial charge >= 0.3 is 0 Å². The Bertz CT molecular complexity index is 557. The van der Waals surface area contributed by atoms with E-state index in [1.165, 1.54) is 17.8 Å². The summed E-state index contributed by atoms with van der Waals surface area (Å²) in [6.07, 6.45) is 0. The standard InChI is InChI=1S/C12H11ClFN3S/c1-7-5-10(15)17-12(16-7)18-6-8-3-2-4-9(14)11(8)13/h2-5H,6H2,1H3,(H2,15,16,17). The Morgan fingerprint density at radius 1 is 1.39 bits per heavy atom. The number of aromatic nitrogens is 2. The van der Waals surface area contributed by atoms with E-state index in [1.54, 1.807) is 18.2 Å². The molecule has 94 valence electrons. The molecule has 0 bridgehead atoms. The summed E-state index contributed by atoms with van der Waals surface area (Å²) in [6.45, 7) is 1.84. The lowest BCUT2D eigenvalue weighted by molar-refractivity contribution is 0.627. The highest BCUT2D eigenvalue weighted by molar-refractivity contribution is 7.98. The van der Waals surface area contributed by atoms with E-state index in [0.29, 0.717) is 22.3 Å².